The first-order valence-corrected chi connectivity index (χ1v) is 10.5. The summed E-state index contributed by atoms with van der Waals surface area (Å²) in [7, 11) is 0. The molecule has 0 radical (unpaired) electrons. The van der Waals surface area contributed by atoms with Crippen LogP contribution < -0.4 is 15.3 Å². The molecule has 2 amide bonds. The minimum atomic E-state index is -1.18. The fourth-order valence-electron chi connectivity index (χ4n) is 3.18. The van der Waals surface area contributed by atoms with Crippen molar-refractivity contribution in [1.29, 1.82) is 5.26 Å². The summed E-state index contributed by atoms with van der Waals surface area (Å²) in [4.78, 5) is 32.8. The maximum absolute atomic E-state index is 13.7. The van der Waals surface area contributed by atoms with Crippen molar-refractivity contribution in [3.05, 3.63) is 106 Å². The summed E-state index contributed by atoms with van der Waals surface area (Å²) in [6, 6.07) is 20.6. The highest BCUT2D eigenvalue weighted by Crippen LogP contribution is 2.34. The molecule has 0 spiro atoms. The maximum Gasteiger partial charge on any atom is 0.404 e. The molecule has 0 aliphatic rings. The molecule has 0 saturated carbocycles. The zero-order chi connectivity index (χ0) is 24.8. The zero-order valence-electron chi connectivity index (χ0n) is 17.8. The van der Waals surface area contributed by atoms with E-state index in [4.69, 9.17) is 16.9 Å². The fourth-order valence-corrected chi connectivity index (χ4v) is 3.39. The van der Waals surface area contributed by atoms with Gasteiger partial charge in [0, 0.05) is 23.1 Å². The quantitative estimate of drug-likeness (QED) is 0.249. The van der Waals surface area contributed by atoms with E-state index in [1.807, 2.05) is 6.07 Å². The summed E-state index contributed by atoms with van der Waals surface area (Å²) in [6.45, 7) is 0. The molecule has 0 atom stereocenters. The summed E-state index contributed by atoms with van der Waals surface area (Å²) < 4.78 is 13.7. The monoisotopic (exact) mass is 487 g/mol. The van der Waals surface area contributed by atoms with Crippen LogP contribution in [-0.4, -0.2) is 16.0 Å². The number of amides is 2. The molecule has 0 aliphatic heterocycles. The van der Waals surface area contributed by atoms with Crippen molar-refractivity contribution in [1.82, 2.24) is 9.97 Å². The van der Waals surface area contributed by atoms with E-state index in [-0.39, 0.29) is 22.5 Å². The molecule has 0 saturated heterocycles. The van der Waals surface area contributed by atoms with Crippen LogP contribution in [0.5, 0.6) is 0 Å². The van der Waals surface area contributed by atoms with E-state index in [1.165, 1.54) is 47.6 Å². The number of aromatic nitrogens is 2. The third kappa shape index (κ3) is 5.21. The van der Waals surface area contributed by atoms with E-state index in [1.54, 1.807) is 42.5 Å². The molecule has 172 valence electrons. The Morgan fingerprint density at radius 3 is 2.40 bits per heavy atom. The van der Waals surface area contributed by atoms with Crippen LogP contribution in [0.25, 0.3) is 0 Å². The highest BCUT2D eigenvalue weighted by atomic mass is 35.5. The van der Waals surface area contributed by atoms with Crippen molar-refractivity contribution in [3.8, 4) is 6.07 Å². The van der Waals surface area contributed by atoms with Gasteiger partial charge in [-0.25, -0.2) is 19.2 Å². The number of halogens is 2. The average molecular weight is 488 g/mol. The smallest absolute Gasteiger partial charge is 0.324 e. The molecule has 11 heteroatoms. The summed E-state index contributed by atoms with van der Waals surface area (Å²) in [6.07, 6.45) is 1.44. The van der Waals surface area contributed by atoms with Crippen LogP contribution in [0.1, 0.15) is 5.56 Å². The molecule has 35 heavy (non-hydrogen) atoms. The number of para-hydroxylation sites is 1. The van der Waals surface area contributed by atoms with Crippen LogP contribution in [0.3, 0.4) is 0 Å². The van der Waals surface area contributed by atoms with Crippen LogP contribution in [-0.2, 0) is 0 Å². The van der Waals surface area contributed by atoms with Gasteiger partial charge in [-0.3, -0.25) is 0 Å². The van der Waals surface area contributed by atoms with Crippen molar-refractivity contribution in [2.45, 2.75) is 0 Å². The molecule has 3 aromatic carbocycles. The minimum Gasteiger partial charge on any atom is -0.324 e. The molecule has 1 aromatic heterocycles. The van der Waals surface area contributed by atoms with E-state index >= 15 is 0 Å². The Bertz CT molecular complexity index is 1410. The highest BCUT2D eigenvalue weighted by molar-refractivity contribution is 6.34. The molecule has 4 rings (SSSR count). The SMILES string of the molecule is N#Cc1ccc(Nc2nccc(N(c3ccc(F)cc3)N(C(=O)N=O)c3ccccc3Cl)n2)cc1. The first-order chi connectivity index (χ1) is 17.0. The number of carbonyl (C=O) groups excluding carboxylic acids is 1. The lowest BCUT2D eigenvalue weighted by Gasteiger charge is -2.34. The van der Waals surface area contributed by atoms with Crippen molar-refractivity contribution < 1.29 is 9.18 Å². The molecule has 0 fully saturated rings. The Hall–Kier alpha value is -4.88. The first-order valence-electron chi connectivity index (χ1n) is 10.1. The molecule has 1 heterocycles. The number of nitriles is 1. The number of hydrogen-bond acceptors (Lipinski definition) is 7. The van der Waals surface area contributed by atoms with Gasteiger partial charge >= 0.3 is 6.03 Å². The first kappa shape index (κ1) is 23.3. The van der Waals surface area contributed by atoms with E-state index < -0.39 is 11.8 Å². The molecule has 0 aliphatic carbocycles. The second-order valence-electron chi connectivity index (χ2n) is 6.98. The average Bonchev–Trinajstić information content (AvgIpc) is 2.89. The number of hydrogen-bond donors (Lipinski definition) is 1. The Morgan fingerprint density at radius 2 is 1.74 bits per heavy atom. The molecular formula is C24H15ClFN7O2. The Morgan fingerprint density at radius 1 is 1.03 bits per heavy atom. The largest absolute Gasteiger partial charge is 0.404 e. The van der Waals surface area contributed by atoms with E-state index in [0.717, 1.165) is 5.01 Å². The number of rotatable bonds is 6. The van der Waals surface area contributed by atoms with Crippen LogP contribution in [0.2, 0.25) is 5.02 Å². The van der Waals surface area contributed by atoms with Crippen LogP contribution >= 0.6 is 11.6 Å². The summed E-state index contributed by atoms with van der Waals surface area (Å²) in [5.74, 6) is -0.187. The van der Waals surface area contributed by atoms with Gasteiger partial charge in [0.25, 0.3) is 0 Å². The van der Waals surface area contributed by atoms with Gasteiger partial charge < -0.3 is 5.32 Å². The molecular weight excluding hydrogens is 473 g/mol. The Kier molecular flexibility index (Phi) is 6.90. The molecule has 0 unspecified atom stereocenters. The minimum absolute atomic E-state index is 0.152. The van der Waals surface area contributed by atoms with E-state index in [9.17, 15) is 14.1 Å². The Balaban J connectivity index is 1.82. The van der Waals surface area contributed by atoms with Crippen LogP contribution in [0.15, 0.2) is 90.2 Å². The Labute approximate surface area is 204 Å². The lowest BCUT2D eigenvalue weighted by atomic mass is 10.2. The standard InChI is InChI=1S/C24H15ClFN7O2/c25-20-3-1-2-4-21(20)33(24(34)31-35)32(19-11-7-17(26)8-12-19)22-13-14-28-23(30-22)29-18-9-5-16(15-27)6-10-18/h1-14H,(H,28,29,30). The number of benzene rings is 3. The topological polar surface area (TPSA) is 115 Å². The summed E-state index contributed by atoms with van der Waals surface area (Å²) in [5, 5.41) is 16.9. The molecule has 4 aromatic rings. The van der Waals surface area contributed by atoms with Gasteiger partial charge in [-0.2, -0.15) is 15.3 Å². The van der Waals surface area contributed by atoms with Gasteiger partial charge in [0.2, 0.25) is 5.95 Å². The predicted molar refractivity (Wildman–Crippen MR) is 130 cm³/mol. The van der Waals surface area contributed by atoms with Crippen LogP contribution in [0.4, 0.5) is 38.0 Å². The summed E-state index contributed by atoms with van der Waals surface area (Å²) in [5.41, 5.74) is 1.56. The van der Waals surface area contributed by atoms with Crippen molar-refractivity contribution in [2.24, 2.45) is 5.18 Å². The number of carbonyl (C=O) groups is 1. The lowest BCUT2D eigenvalue weighted by molar-refractivity contribution is 0.254. The maximum atomic E-state index is 13.7. The molecule has 9 nitrogen and oxygen atoms in total. The number of nitrogens with one attached hydrogen (secondary N) is 1. The van der Waals surface area contributed by atoms with Crippen LogP contribution in [0, 0.1) is 22.1 Å². The van der Waals surface area contributed by atoms with Crippen molar-refractivity contribution in [3.63, 3.8) is 0 Å². The second-order valence-corrected chi connectivity index (χ2v) is 7.39. The zero-order valence-corrected chi connectivity index (χ0v) is 18.6. The third-order valence-electron chi connectivity index (χ3n) is 4.74. The second kappa shape index (κ2) is 10.4. The highest BCUT2D eigenvalue weighted by Gasteiger charge is 2.29. The number of hydrazine groups is 1. The predicted octanol–water partition coefficient (Wildman–Crippen LogP) is 6.33. The number of anilines is 5. The number of urea groups is 1. The fraction of sp³-hybridized carbons (Fsp3) is 0. The van der Waals surface area contributed by atoms with Gasteiger partial charge in [-0.15, -0.1) is 4.91 Å². The van der Waals surface area contributed by atoms with Gasteiger partial charge in [0.05, 0.1) is 28.0 Å². The van der Waals surface area contributed by atoms with Crippen molar-refractivity contribution in [2.75, 3.05) is 15.3 Å². The van der Waals surface area contributed by atoms with Gasteiger partial charge in [-0.1, -0.05) is 23.7 Å². The molecule has 1 N–H and O–H groups in total. The van der Waals surface area contributed by atoms with Gasteiger partial charge in [0.1, 0.15) is 5.82 Å². The van der Waals surface area contributed by atoms with Gasteiger partial charge in [0.15, 0.2) is 5.82 Å². The van der Waals surface area contributed by atoms with Gasteiger partial charge in [-0.05, 0) is 60.7 Å². The number of nitrogens with zero attached hydrogens (tertiary/aromatic N) is 6. The summed E-state index contributed by atoms with van der Waals surface area (Å²) >= 11 is 6.34. The lowest BCUT2D eigenvalue weighted by Crippen LogP contribution is -2.43. The molecule has 0 bridgehead atoms. The van der Waals surface area contributed by atoms with E-state index in [2.05, 4.69) is 20.5 Å². The van der Waals surface area contributed by atoms with E-state index in [0.29, 0.717) is 16.9 Å². The third-order valence-corrected chi connectivity index (χ3v) is 5.06. The normalized spacial score (nSPS) is 10.2. The number of nitroso groups, excluding NO2 is 1. The van der Waals surface area contributed by atoms with Crippen molar-refractivity contribution >= 4 is 46.5 Å².